The molecule has 4 rings (SSSR count). The summed E-state index contributed by atoms with van der Waals surface area (Å²) in [6.07, 6.45) is -2.03. The molecule has 1 unspecified atom stereocenters. The number of likely N-dealkylation sites (N-methyl/N-ethyl adjacent to an activating group) is 1. The first-order valence-electron chi connectivity index (χ1n) is 10.1. The summed E-state index contributed by atoms with van der Waals surface area (Å²) in [5, 5.41) is 13.0. The Labute approximate surface area is 178 Å². The van der Waals surface area contributed by atoms with E-state index in [1.165, 1.54) is 12.1 Å². The highest BCUT2D eigenvalue weighted by atomic mass is 19.4. The first-order chi connectivity index (χ1) is 14.7. The summed E-state index contributed by atoms with van der Waals surface area (Å²) in [5.41, 5.74) is 2.75. The number of allylic oxidation sites excluding steroid dienone is 1. The number of hydrogen-bond acceptors (Lipinski definition) is 4. The van der Waals surface area contributed by atoms with Crippen molar-refractivity contribution in [3.8, 4) is 5.75 Å². The van der Waals surface area contributed by atoms with Gasteiger partial charge in [0.25, 0.3) is 0 Å². The fourth-order valence-corrected chi connectivity index (χ4v) is 4.12. The fourth-order valence-electron chi connectivity index (χ4n) is 4.12. The average molecular weight is 432 g/mol. The van der Waals surface area contributed by atoms with Crippen molar-refractivity contribution in [3.05, 3.63) is 59.2 Å². The molecule has 2 heterocycles. The first-order valence-corrected chi connectivity index (χ1v) is 10.1. The van der Waals surface area contributed by atoms with Crippen LogP contribution in [0.25, 0.3) is 5.57 Å². The fraction of sp³-hybridized carbons (Fsp3) is 0.348. The minimum Gasteiger partial charge on any atom is -0.493 e. The highest BCUT2D eigenvalue weighted by Gasteiger charge is 2.32. The van der Waals surface area contributed by atoms with E-state index in [1.54, 1.807) is 6.07 Å². The molecule has 2 aliphatic heterocycles. The molecule has 0 saturated heterocycles. The Balaban J connectivity index is 1.62. The molecule has 2 aromatic carbocycles. The number of nitrogens with zero attached hydrogens (tertiary/aromatic N) is 1. The number of benzene rings is 2. The van der Waals surface area contributed by atoms with E-state index < -0.39 is 17.8 Å². The van der Waals surface area contributed by atoms with E-state index in [1.807, 2.05) is 24.1 Å². The van der Waals surface area contributed by atoms with Crippen LogP contribution >= 0.6 is 0 Å². The molecule has 5 nitrogen and oxygen atoms in total. The quantitative estimate of drug-likeness (QED) is 0.697. The molecule has 0 aromatic heterocycles. The molecule has 1 atom stereocenters. The second-order valence-corrected chi connectivity index (χ2v) is 7.86. The van der Waals surface area contributed by atoms with Crippen LogP contribution in [0.5, 0.6) is 5.75 Å². The van der Waals surface area contributed by atoms with E-state index in [4.69, 9.17) is 4.74 Å². The third-order valence-electron chi connectivity index (χ3n) is 5.55. The number of aliphatic hydroxyl groups is 1. The average Bonchev–Trinajstić information content (AvgIpc) is 2.89. The third kappa shape index (κ3) is 4.54. The first kappa shape index (κ1) is 21.2. The van der Waals surface area contributed by atoms with Crippen LogP contribution in [0.15, 0.2) is 42.5 Å². The smallest absolute Gasteiger partial charge is 0.416 e. The largest absolute Gasteiger partial charge is 0.493 e. The lowest BCUT2D eigenvalue weighted by molar-refractivity contribution is -0.137. The summed E-state index contributed by atoms with van der Waals surface area (Å²) >= 11 is 0. The van der Waals surface area contributed by atoms with E-state index in [0.29, 0.717) is 42.6 Å². The van der Waals surface area contributed by atoms with E-state index >= 15 is 0 Å². The van der Waals surface area contributed by atoms with Crippen LogP contribution in [0.3, 0.4) is 0 Å². The van der Waals surface area contributed by atoms with Crippen LogP contribution in [-0.4, -0.2) is 37.3 Å². The molecule has 2 aromatic rings. The molecular weight excluding hydrogens is 409 g/mol. The number of carbonyl (C=O) groups is 1. The van der Waals surface area contributed by atoms with Gasteiger partial charge in [-0.15, -0.1) is 0 Å². The van der Waals surface area contributed by atoms with E-state index in [-0.39, 0.29) is 18.3 Å². The molecule has 2 N–H and O–H groups in total. The summed E-state index contributed by atoms with van der Waals surface area (Å²) in [4.78, 5) is 14.7. The van der Waals surface area contributed by atoms with Crippen LogP contribution in [0.1, 0.15) is 29.5 Å². The Morgan fingerprint density at radius 3 is 2.87 bits per heavy atom. The Morgan fingerprint density at radius 1 is 1.29 bits per heavy atom. The number of ether oxygens (including phenoxy) is 1. The second kappa shape index (κ2) is 8.26. The van der Waals surface area contributed by atoms with Crippen molar-refractivity contribution < 1.29 is 27.8 Å². The molecule has 31 heavy (non-hydrogen) atoms. The van der Waals surface area contributed by atoms with Crippen molar-refractivity contribution >= 4 is 22.9 Å². The number of alkyl halides is 3. The molecule has 2 aliphatic rings. The number of halogens is 3. The van der Waals surface area contributed by atoms with Gasteiger partial charge in [-0.2, -0.15) is 13.2 Å². The summed E-state index contributed by atoms with van der Waals surface area (Å²) in [6, 6.07) is 8.90. The van der Waals surface area contributed by atoms with Gasteiger partial charge in [-0.05, 0) is 42.7 Å². The summed E-state index contributed by atoms with van der Waals surface area (Å²) < 4.78 is 44.6. The number of anilines is 2. The van der Waals surface area contributed by atoms with Crippen molar-refractivity contribution in [3.63, 3.8) is 0 Å². The maximum atomic E-state index is 13.0. The van der Waals surface area contributed by atoms with Gasteiger partial charge >= 0.3 is 6.18 Å². The predicted molar refractivity (Wildman–Crippen MR) is 112 cm³/mol. The molecule has 1 amide bonds. The molecule has 164 valence electrons. The monoisotopic (exact) mass is 432 g/mol. The molecule has 0 aliphatic carbocycles. The van der Waals surface area contributed by atoms with Gasteiger partial charge in [0.2, 0.25) is 5.91 Å². The number of nitrogens with one attached hydrogen (secondary N) is 1. The van der Waals surface area contributed by atoms with Gasteiger partial charge in [0, 0.05) is 48.6 Å². The van der Waals surface area contributed by atoms with E-state index in [9.17, 15) is 23.1 Å². The normalized spacial score (nSPS) is 19.8. The van der Waals surface area contributed by atoms with Gasteiger partial charge < -0.3 is 20.1 Å². The standard InChI is InChI=1S/C23H23F3N2O3/c1-28-13-16(29)12-18-19(5-2-6-20(18)28)27-22(30)10-14-4-3-9-31-21-11-15(23(24,25)26)7-8-17(14)21/h2,5-8,10-11,16,29H,3-4,9,12-13H2,1H3,(H,27,30). The van der Waals surface area contributed by atoms with E-state index in [0.717, 1.165) is 23.4 Å². The zero-order chi connectivity index (χ0) is 22.2. The van der Waals surface area contributed by atoms with Gasteiger partial charge in [-0.3, -0.25) is 4.79 Å². The summed E-state index contributed by atoms with van der Waals surface area (Å²) in [6.45, 7) is 0.800. The van der Waals surface area contributed by atoms with E-state index in [2.05, 4.69) is 5.32 Å². The Kier molecular flexibility index (Phi) is 5.66. The third-order valence-corrected chi connectivity index (χ3v) is 5.55. The number of hydrogen-bond donors (Lipinski definition) is 2. The van der Waals surface area contributed by atoms with Crippen LogP contribution in [0.2, 0.25) is 0 Å². The van der Waals surface area contributed by atoms with Crippen LogP contribution in [0, 0.1) is 0 Å². The van der Waals surface area contributed by atoms with Gasteiger partial charge in [-0.25, -0.2) is 0 Å². The van der Waals surface area contributed by atoms with Crippen LogP contribution < -0.4 is 15.0 Å². The van der Waals surface area contributed by atoms with Crippen molar-refractivity contribution in [2.45, 2.75) is 31.5 Å². The topological polar surface area (TPSA) is 61.8 Å². The van der Waals surface area contributed by atoms with Crippen molar-refractivity contribution in [2.75, 3.05) is 30.4 Å². The molecular formula is C23H23F3N2O3. The van der Waals surface area contributed by atoms with Crippen molar-refractivity contribution in [2.24, 2.45) is 0 Å². The highest BCUT2D eigenvalue weighted by Crippen LogP contribution is 2.38. The van der Waals surface area contributed by atoms with Gasteiger partial charge in [0.15, 0.2) is 0 Å². The zero-order valence-electron chi connectivity index (χ0n) is 17.0. The molecule has 0 bridgehead atoms. The maximum Gasteiger partial charge on any atom is 0.416 e. The zero-order valence-corrected chi connectivity index (χ0v) is 17.0. The Morgan fingerprint density at radius 2 is 2.10 bits per heavy atom. The summed E-state index contributed by atoms with van der Waals surface area (Å²) in [5.74, 6) is -0.243. The van der Waals surface area contributed by atoms with Crippen molar-refractivity contribution in [1.82, 2.24) is 0 Å². The van der Waals surface area contributed by atoms with Crippen LogP contribution in [-0.2, 0) is 17.4 Å². The van der Waals surface area contributed by atoms with Gasteiger partial charge in [-0.1, -0.05) is 12.1 Å². The number of β-amino-alcohol motifs (C(OH)–C–C–N with tert-alkyl or cyclic N) is 1. The number of aliphatic hydroxyl groups excluding tert-OH is 1. The summed E-state index contributed by atoms with van der Waals surface area (Å²) in [7, 11) is 1.88. The van der Waals surface area contributed by atoms with Gasteiger partial charge in [0.1, 0.15) is 5.75 Å². The van der Waals surface area contributed by atoms with Gasteiger partial charge in [0.05, 0.1) is 18.3 Å². The van der Waals surface area contributed by atoms with Crippen molar-refractivity contribution in [1.29, 1.82) is 0 Å². The predicted octanol–water partition coefficient (Wildman–Crippen LogP) is 4.25. The number of amides is 1. The molecule has 8 heteroatoms. The molecule has 0 radical (unpaired) electrons. The highest BCUT2D eigenvalue weighted by molar-refractivity contribution is 6.05. The second-order valence-electron chi connectivity index (χ2n) is 7.86. The number of fused-ring (bicyclic) bond motifs is 2. The number of carbonyl (C=O) groups excluding carboxylic acids is 1. The maximum absolute atomic E-state index is 13.0. The Hall–Kier alpha value is -3.00. The number of rotatable bonds is 2. The molecule has 0 fully saturated rings. The lowest BCUT2D eigenvalue weighted by Crippen LogP contribution is -2.36. The molecule has 0 spiro atoms. The van der Waals surface area contributed by atoms with Crippen LogP contribution in [0.4, 0.5) is 24.5 Å². The SMILES string of the molecule is CN1CC(O)Cc2c(NC(=O)C=C3CCCOc4cc(C(F)(F)F)ccc43)cccc21. The minimum atomic E-state index is -4.46. The minimum absolute atomic E-state index is 0.133. The Bertz CT molecular complexity index is 1030. The lowest BCUT2D eigenvalue weighted by atomic mass is 9.97. The molecule has 0 saturated carbocycles. The lowest BCUT2D eigenvalue weighted by Gasteiger charge is -2.32.